The number of nitrogens with zero attached hydrogens (tertiary/aromatic N) is 3. The standard InChI is InChI=1S/C26H20F3N5O3S/c1-34-15-19(13-31-34)18-10-22-24(30-12-18)9-7-16-6-8-20(11-21(16)25(22)35)33-38(36,37)32-14-17-4-2-3-5-23(17)26(27,28)29/h2-13,15,32-33H,14H2,1H3. The smallest absolute Gasteiger partial charge is 0.289 e. The number of benzene rings is 2. The van der Waals surface area contributed by atoms with Gasteiger partial charge in [-0.25, -0.2) is 0 Å². The average Bonchev–Trinajstić information content (AvgIpc) is 3.26. The van der Waals surface area contributed by atoms with Crippen LogP contribution in [0.25, 0.3) is 32.8 Å². The van der Waals surface area contributed by atoms with Gasteiger partial charge in [0.15, 0.2) is 5.43 Å². The van der Waals surface area contributed by atoms with Crippen LogP contribution in [-0.4, -0.2) is 23.2 Å². The number of pyridine rings is 1. The summed E-state index contributed by atoms with van der Waals surface area (Å²) in [5, 5.41) is 5.28. The Hall–Kier alpha value is -4.29. The maximum Gasteiger partial charge on any atom is 0.416 e. The minimum absolute atomic E-state index is 0.0712. The minimum atomic E-state index is -4.62. The van der Waals surface area contributed by atoms with Crippen molar-refractivity contribution in [2.24, 2.45) is 7.05 Å². The molecule has 2 N–H and O–H groups in total. The lowest BCUT2D eigenvalue weighted by molar-refractivity contribution is -0.138. The van der Waals surface area contributed by atoms with Crippen molar-refractivity contribution in [1.29, 1.82) is 0 Å². The van der Waals surface area contributed by atoms with Crippen LogP contribution >= 0.6 is 0 Å². The maximum atomic E-state index is 13.5. The van der Waals surface area contributed by atoms with Gasteiger partial charge in [0.05, 0.1) is 23.0 Å². The van der Waals surface area contributed by atoms with Gasteiger partial charge in [0.25, 0.3) is 10.2 Å². The van der Waals surface area contributed by atoms with Crippen LogP contribution in [0, 0.1) is 0 Å². The van der Waals surface area contributed by atoms with Gasteiger partial charge in [-0.2, -0.15) is 31.4 Å². The zero-order valence-corrected chi connectivity index (χ0v) is 20.6. The molecule has 0 aliphatic carbocycles. The largest absolute Gasteiger partial charge is 0.416 e. The third kappa shape index (κ3) is 5.22. The molecule has 0 unspecified atom stereocenters. The van der Waals surface area contributed by atoms with Crippen LogP contribution in [-0.2, 0) is 30.0 Å². The Morgan fingerprint density at radius 3 is 2.45 bits per heavy atom. The Bertz CT molecular complexity index is 1850. The number of nitrogens with one attached hydrogen (secondary N) is 2. The molecule has 0 fully saturated rings. The summed E-state index contributed by atoms with van der Waals surface area (Å²) in [5.41, 5.74) is 0.509. The topological polar surface area (TPSA) is 106 Å². The molecular formula is C26H20F3N5O3S. The van der Waals surface area contributed by atoms with Gasteiger partial charge in [-0.3, -0.25) is 19.2 Å². The molecule has 3 aromatic carbocycles. The highest BCUT2D eigenvalue weighted by Crippen LogP contribution is 2.32. The first-order valence-corrected chi connectivity index (χ1v) is 12.8. The molecule has 2 heterocycles. The Morgan fingerprint density at radius 2 is 1.71 bits per heavy atom. The maximum absolute atomic E-state index is 13.5. The average molecular weight is 540 g/mol. The van der Waals surface area contributed by atoms with Crippen molar-refractivity contribution in [2.45, 2.75) is 12.7 Å². The van der Waals surface area contributed by atoms with Gasteiger partial charge in [0.2, 0.25) is 0 Å². The van der Waals surface area contributed by atoms with Crippen LogP contribution in [0.4, 0.5) is 18.9 Å². The molecule has 5 rings (SSSR count). The molecule has 0 saturated carbocycles. The molecule has 0 saturated heterocycles. The van der Waals surface area contributed by atoms with Crippen molar-refractivity contribution in [3.63, 3.8) is 0 Å². The summed E-state index contributed by atoms with van der Waals surface area (Å²) in [5.74, 6) is 0. The third-order valence-electron chi connectivity index (χ3n) is 5.95. The second kappa shape index (κ2) is 9.54. The summed E-state index contributed by atoms with van der Waals surface area (Å²) in [7, 11) is -2.49. The zero-order chi connectivity index (χ0) is 27.1. The van der Waals surface area contributed by atoms with E-state index < -0.39 is 28.5 Å². The number of hydrogen-bond donors (Lipinski definition) is 2. The molecular weight excluding hydrogens is 519 g/mol. The molecule has 38 heavy (non-hydrogen) atoms. The van der Waals surface area contributed by atoms with Crippen molar-refractivity contribution in [3.05, 3.63) is 101 Å². The minimum Gasteiger partial charge on any atom is -0.289 e. The summed E-state index contributed by atoms with van der Waals surface area (Å²) < 4.78 is 71.0. The number of alkyl halides is 3. The summed E-state index contributed by atoms with van der Waals surface area (Å²) in [6.07, 6.45) is 0.469. The Balaban J connectivity index is 1.47. The van der Waals surface area contributed by atoms with Crippen molar-refractivity contribution in [2.75, 3.05) is 4.72 Å². The molecule has 0 radical (unpaired) electrons. The number of hydrogen-bond acceptors (Lipinski definition) is 5. The van der Waals surface area contributed by atoms with E-state index in [1.807, 2.05) is 0 Å². The van der Waals surface area contributed by atoms with E-state index in [2.05, 4.69) is 19.5 Å². The SMILES string of the molecule is Cn1cc(-c2cnc3ccc4ccc(NS(=O)(=O)NCc5ccccc5C(F)(F)F)cc4c(=O)c3c2)cn1. The molecule has 8 nitrogen and oxygen atoms in total. The highest BCUT2D eigenvalue weighted by molar-refractivity contribution is 7.90. The van der Waals surface area contributed by atoms with E-state index in [-0.39, 0.29) is 22.1 Å². The van der Waals surface area contributed by atoms with E-state index >= 15 is 0 Å². The summed E-state index contributed by atoms with van der Waals surface area (Å²) >= 11 is 0. The number of aryl methyl sites for hydroxylation is 1. The highest BCUT2D eigenvalue weighted by Gasteiger charge is 2.33. The molecule has 0 amide bonds. The number of aromatic nitrogens is 3. The van der Waals surface area contributed by atoms with E-state index in [9.17, 15) is 26.4 Å². The van der Waals surface area contributed by atoms with E-state index in [0.29, 0.717) is 21.9 Å². The van der Waals surface area contributed by atoms with Gasteiger partial charge in [0.1, 0.15) is 0 Å². The van der Waals surface area contributed by atoms with Crippen LogP contribution < -0.4 is 14.9 Å². The first-order chi connectivity index (χ1) is 18.0. The van der Waals surface area contributed by atoms with E-state index in [0.717, 1.165) is 11.6 Å². The monoisotopic (exact) mass is 539 g/mol. The van der Waals surface area contributed by atoms with Crippen molar-refractivity contribution < 1.29 is 21.6 Å². The lowest BCUT2D eigenvalue weighted by atomic mass is 10.1. The Morgan fingerprint density at radius 1 is 0.947 bits per heavy atom. The fourth-order valence-electron chi connectivity index (χ4n) is 4.11. The van der Waals surface area contributed by atoms with Gasteiger partial charge < -0.3 is 0 Å². The Kier molecular flexibility index (Phi) is 6.37. The van der Waals surface area contributed by atoms with Gasteiger partial charge in [-0.15, -0.1) is 0 Å². The van der Waals surface area contributed by atoms with E-state index in [1.54, 1.807) is 54.6 Å². The quantitative estimate of drug-likeness (QED) is 0.328. The molecule has 2 aromatic heterocycles. The van der Waals surface area contributed by atoms with Crippen LogP contribution in [0.15, 0.2) is 84.0 Å². The number of rotatable bonds is 6. The molecule has 0 bridgehead atoms. The molecule has 194 valence electrons. The van der Waals surface area contributed by atoms with E-state index in [4.69, 9.17) is 0 Å². The normalized spacial score (nSPS) is 12.2. The lowest BCUT2D eigenvalue weighted by Gasteiger charge is -2.14. The second-order valence-electron chi connectivity index (χ2n) is 8.61. The highest BCUT2D eigenvalue weighted by atomic mass is 32.2. The zero-order valence-electron chi connectivity index (χ0n) is 19.8. The molecule has 0 aliphatic heterocycles. The number of halogens is 3. The van der Waals surface area contributed by atoms with Crippen LogP contribution in [0.3, 0.4) is 0 Å². The number of fused-ring (bicyclic) bond motifs is 2. The van der Waals surface area contributed by atoms with E-state index in [1.165, 1.54) is 30.3 Å². The van der Waals surface area contributed by atoms with Gasteiger partial charge in [-0.1, -0.05) is 30.3 Å². The van der Waals surface area contributed by atoms with Crippen LogP contribution in [0.2, 0.25) is 0 Å². The van der Waals surface area contributed by atoms with Crippen LogP contribution in [0.1, 0.15) is 11.1 Å². The molecule has 0 spiro atoms. The molecule has 12 heteroatoms. The molecule has 5 aromatic rings. The first kappa shape index (κ1) is 25.4. The predicted octanol–water partition coefficient (Wildman–Crippen LogP) is 4.61. The fraction of sp³-hybridized carbons (Fsp3) is 0.115. The van der Waals surface area contributed by atoms with Crippen molar-refractivity contribution in [3.8, 4) is 11.1 Å². The number of anilines is 1. The fourth-order valence-corrected chi connectivity index (χ4v) is 4.96. The van der Waals surface area contributed by atoms with Crippen molar-refractivity contribution in [1.82, 2.24) is 19.5 Å². The van der Waals surface area contributed by atoms with Gasteiger partial charge in [0, 0.05) is 47.9 Å². The lowest BCUT2D eigenvalue weighted by Crippen LogP contribution is -2.30. The second-order valence-corrected chi connectivity index (χ2v) is 10.1. The van der Waals surface area contributed by atoms with Crippen LogP contribution in [0.5, 0.6) is 0 Å². The van der Waals surface area contributed by atoms with Crippen molar-refractivity contribution >= 4 is 37.6 Å². The third-order valence-corrected chi connectivity index (χ3v) is 6.98. The van der Waals surface area contributed by atoms with Gasteiger partial charge >= 0.3 is 6.18 Å². The predicted molar refractivity (Wildman–Crippen MR) is 139 cm³/mol. The summed E-state index contributed by atoms with van der Waals surface area (Å²) in [6, 6.07) is 14.2. The van der Waals surface area contributed by atoms with Gasteiger partial charge in [-0.05, 0) is 41.3 Å². The first-order valence-electron chi connectivity index (χ1n) is 11.3. The molecule has 0 atom stereocenters. The summed E-state index contributed by atoms with van der Waals surface area (Å²) in [6.45, 7) is -0.576. The molecule has 0 aliphatic rings. The Labute approximate surface area is 214 Å². The summed E-state index contributed by atoms with van der Waals surface area (Å²) in [4.78, 5) is 17.9.